The summed E-state index contributed by atoms with van der Waals surface area (Å²) in [5, 5.41) is 9.51. The van der Waals surface area contributed by atoms with Crippen molar-refractivity contribution in [2.45, 2.75) is 6.92 Å². The van der Waals surface area contributed by atoms with Gasteiger partial charge in [-0.1, -0.05) is 29.8 Å². The molecule has 0 atom stereocenters. The van der Waals surface area contributed by atoms with Crippen molar-refractivity contribution in [3.8, 4) is 23.3 Å². The average Bonchev–Trinajstić information content (AvgIpc) is 2.58. The van der Waals surface area contributed by atoms with E-state index in [1.807, 2.05) is 31.2 Å². The minimum absolute atomic E-state index is 0.555. The van der Waals surface area contributed by atoms with Gasteiger partial charge in [0.2, 0.25) is 0 Å². The zero-order valence-electron chi connectivity index (χ0n) is 13.7. The van der Waals surface area contributed by atoms with Crippen LogP contribution in [0.4, 0.5) is 0 Å². The molecule has 2 aromatic carbocycles. The fraction of sp³-hybridized carbons (Fsp3) is 0.211. The summed E-state index contributed by atoms with van der Waals surface area (Å²) in [7, 11) is 4.72. The maximum Gasteiger partial charge on any atom is 0.164 e. The Morgan fingerprint density at radius 3 is 2.17 bits per heavy atom. The van der Waals surface area contributed by atoms with Crippen LogP contribution in [0.25, 0.3) is 11.6 Å². The molecule has 0 fully saturated rings. The number of nitriles is 1. The number of allylic oxidation sites excluding steroid dienone is 1. The van der Waals surface area contributed by atoms with Crippen molar-refractivity contribution >= 4 is 11.6 Å². The Morgan fingerprint density at radius 2 is 1.61 bits per heavy atom. The molecule has 118 valence electrons. The lowest BCUT2D eigenvalue weighted by molar-refractivity contribution is 0.348. The zero-order valence-corrected chi connectivity index (χ0v) is 13.7. The highest BCUT2D eigenvalue weighted by molar-refractivity contribution is 5.91. The van der Waals surface area contributed by atoms with E-state index < -0.39 is 0 Å². The summed E-state index contributed by atoms with van der Waals surface area (Å²) < 4.78 is 16.0. The second kappa shape index (κ2) is 7.37. The summed E-state index contributed by atoms with van der Waals surface area (Å²) >= 11 is 0. The monoisotopic (exact) mass is 309 g/mol. The van der Waals surface area contributed by atoms with Gasteiger partial charge >= 0.3 is 0 Å². The van der Waals surface area contributed by atoms with Crippen LogP contribution in [0.3, 0.4) is 0 Å². The second-order valence-corrected chi connectivity index (χ2v) is 4.99. The average molecular weight is 309 g/mol. The van der Waals surface area contributed by atoms with Gasteiger partial charge in [0.15, 0.2) is 11.5 Å². The number of hydrogen-bond acceptors (Lipinski definition) is 4. The first-order chi connectivity index (χ1) is 11.1. The Morgan fingerprint density at radius 1 is 0.957 bits per heavy atom. The van der Waals surface area contributed by atoms with Crippen LogP contribution in [0.15, 0.2) is 36.4 Å². The molecule has 0 bridgehead atoms. The van der Waals surface area contributed by atoms with Crippen LogP contribution >= 0.6 is 0 Å². The highest BCUT2D eigenvalue weighted by Crippen LogP contribution is 2.36. The molecule has 2 rings (SSSR count). The number of methoxy groups -OCH3 is 3. The van der Waals surface area contributed by atoms with Crippen molar-refractivity contribution in [3.05, 3.63) is 53.1 Å². The van der Waals surface area contributed by atoms with E-state index in [0.717, 1.165) is 16.7 Å². The molecule has 4 nitrogen and oxygen atoms in total. The molecular weight excluding hydrogens is 290 g/mol. The van der Waals surface area contributed by atoms with Gasteiger partial charge < -0.3 is 14.2 Å². The quantitative estimate of drug-likeness (QED) is 0.617. The molecule has 0 N–H and O–H groups in total. The van der Waals surface area contributed by atoms with E-state index in [1.54, 1.807) is 39.5 Å². The van der Waals surface area contributed by atoms with Gasteiger partial charge in [-0.3, -0.25) is 0 Å². The van der Waals surface area contributed by atoms with Gasteiger partial charge in [-0.15, -0.1) is 0 Å². The van der Waals surface area contributed by atoms with Crippen LogP contribution in [0, 0.1) is 18.3 Å². The maximum absolute atomic E-state index is 9.51. The van der Waals surface area contributed by atoms with Crippen LogP contribution in [0.2, 0.25) is 0 Å². The third-order valence-electron chi connectivity index (χ3n) is 3.49. The van der Waals surface area contributed by atoms with E-state index in [9.17, 15) is 5.26 Å². The van der Waals surface area contributed by atoms with Crippen molar-refractivity contribution in [1.29, 1.82) is 5.26 Å². The van der Waals surface area contributed by atoms with E-state index in [2.05, 4.69) is 6.07 Å². The molecule has 0 spiro atoms. The highest BCUT2D eigenvalue weighted by atomic mass is 16.5. The number of nitrogens with zero attached hydrogens (tertiary/aromatic N) is 1. The third-order valence-corrected chi connectivity index (χ3v) is 3.49. The molecule has 4 heteroatoms. The van der Waals surface area contributed by atoms with Gasteiger partial charge in [0.25, 0.3) is 0 Å². The molecule has 0 aliphatic carbocycles. The Hall–Kier alpha value is -2.93. The van der Waals surface area contributed by atoms with Gasteiger partial charge in [-0.05, 0) is 24.6 Å². The van der Waals surface area contributed by atoms with E-state index in [0.29, 0.717) is 22.8 Å². The van der Waals surface area contributed by atoms with Crippen molar-refractivity contribution < 1.29 is 14.2 Å². The minimum Gasteiger partial charge on any atom is -0.496 e. The molecule has 0 unspecified atom stereocenters. The topological polar surface area (TPSA) is 51.5 Å². The molecule has 0 aliphatic rings. The number of aryl methyl sites for hydroxylation is 1. The van der Waals surface area contributed by atoms with Crippen LogP contribution < -0.4 is 14.2 Å². The van der Waals surface area contributed by atoms with Gasteiger partial charge in [0, 0.05) is 11.6 Å². The van der Waals surface area contributed by atoms with Gasteiger partial charge in [0.05, 0.1) is 33.0 Å². The summed E-state index contributed by atoms with van der Waals surface area (Å²) in [6.45, 7) is 2.00. The number of rotatable bonds is 5. The smallest absolute Gasteiger partial charge is 0.164 e. The van der Waals surface area contributed by atoms with Crippen LogP contribution in [0.1, 0.15) is 16.7 Å². The van der Waals surface area contributed by atoms with Gasteiger partial charge in [0.1, 0.15) is 5.75 Å². The largest absolute Gasteiger partial charge is 0.496 e. The van der Waals surface area contributed by atoms with Gasteiger partial charge in [-0.25, -0.2) is 0 Å². The van der Waals surface area contributed by atoms with Crippen molar-refractivity contribution in [2.24, 2.45) is 0 Å². The van der Waals surface area contributed by atoms with E-state index in [1.165, 1.54) is 0 Å². The molecule has 0 saturated carbocycles. The minimum atomic E-state index is 0.555. The lowest BCUT2D eigenvalue weighted by Crippen LogP contribution is -1.95. The van der Waals surface area contributed by atoms with Crippen molar-refractivity contribution in [1.82, 2.24) is 0 Å². The Kier molecular flexibility index (Phi) is 5.27. The fourth-order valence-electron chi connectivity index (χ4n) is 2.31. The first kappa shape index (κ1) is 16.4. The molecule has 0 radical (unpaired) electrons. The predicted molar refractivity (Wildman–Crippen MR) is 90.8 cm³/mol. The first-order valence-electron chi connectivity index (χ1n) is 7.11. The molecule has 0 aromatic heterocycles. The second-order valence-electron chi connectivity index (χ2n) is 4.99. The standard InChI is InChI=1S/C19H19NO3/c1-13-6-5-7-14(8-13)16(12-20)9-15-10-18(22-3)19(23-4)11-17(15)21-2/h5-11H,1-4H3. The van der Waals surface area contributed by atoms with Gasteiger partial charge in [-0.2, -0.15) is 5.26 Å². The van der Waals surface area contributed by atoms with Crippen molar-refractivity contribution in [2.75, 3.05) is 21.3 Å². The summed E-state index contributed by atoms with van der Waals surface area (Å²) in [5.74, 6) is 1.78. The molecule has 0 saturated heterocycles. The Bertz CT molecular complexity index is 773. The Balaban J connectivity index is 2.57. The summed E-state index contributed by atoms with van der Waals surface area (Å²) in [4.78, 5) is 0. The van der Waals surface area contributed by atoms with Crippen LogP contribution in [-0.2, 0) is 0 Å². The molecule has 0 heterocycles. The van der Waals surface area contributed by atoms with E-state index >= 15 is 0 Å². The lowest BCUT2D eigenvalue weighted by atomic mass is 10.0. The summed E-state index contributed by atoms with van der Waals surface area (Å²) in [5.41, 5.74) is 3.27. The van der Waals surface area contributed by atoms with E-state index in [-0.39, 0.29) is 0 Å². The van der Waals surface area contributed by atoms with Crippen LogP contribution in [-0.4, -0.2) is 21.3 Å². The van der Waals surface area contributed by atoms with Crippen molar-refractivity contribution in [3.63, 3.8) is 0 Å². The molecule has 2 aromatic rings. The third kappa shape index (κ3) is 3.64. The number of benzene rings is 2. The first-order valence-corrected chi connectivity index (χ1v) is 7.11. The number of ether oxygens (including phenoxy) is 3. The normalized spacial score (nSPS) is 10.8. The molecule has 0 amide bonds. The zero-order chi connectivity index (χ0) is 16.8. The van der Waals surface area contributed by atoms with Crippen LogP contribution in [0.5, 0.6) is 17.2 Å². The SMILES string of the molecule is COc1cc(OC)c(OC)cc1C=C(C#N)c1cccc(C)c1. The number of hydrogen-bond donors (Lipinski definition) is 0. The van der Waals surface area contributed by atoms with E-state index in [4.69, 9.17) is 14.2 Å². The highest BCUT2D eigenvalue weighted by Gasteiger charge is 2.12. The molecule has 23 heavy (non-hydrogen) atoms. The molecule has 0 aliphatic heterocycles. The predicted octanol–water partition coefficient (Wildman–Crippen LogP) is 4.09. The summed E-state index contributed by atoms with van der Waals surface area (Å²) in [6, 6.07) is 13.6. The maximum atomic E-state index is 9.51. The fourth-order valence-corrected chi connectivity index (χ4v) is 2.31. The Labute approximate surface area is 136 Å². The lowest BCUT2D eigenvalue weighted by Gasteiger charge is -2.12. The molecular formula is C19H19NO3. The summed E-state index contributed by atoms with van der Waals surface area (Å²) in [6.07, 6.45) is 1.79.